The fourth-order valence-electron chi connectivity index (χ4n) is 3.71. The molecule has 2 N–H and O–H groups in total. The van der Waals surface area contributed by atoms with E-state index in [0.717, 1.165) is 43.3 Å². The number of aliphatic hydroxyl groups is 1. The summed E-state index contributed by atoms with van der Waals surface area (Å²) in [7, 11) is 0. The highest BCUT2D eigenvalue weighted by Crippen LogP contribution is 2.24. The van der Waals surface area contributed by atoms with E-state index in [1.165, 1.54) is 0 Å². The Morgan fingerprint density at radius 2 is 2.08 bits per heavy atom. The lowest BCUT2D eigenvalue weighted by molar-refractivity contribution is -0.131. The van der Waals surface area contributed by atoms with Crippen LogP contribution in [0.15, 0.2) is 0 Å². The largest absolute Gasteiger partial charge is 0.387 e. The number of amides is 1. The normalized spacial score (nSPS) is 25.4. The van der Waals surface area contributed by atoms with E-state index in [0.29, 0.717) is 38.9 Å². The Hall–Kier alpha value is -1.44. The van der Waals surface area contributed by atoms with Gasteiger partial charge in [-0.1, -0.05) is 0 Å². The van der Waals surface area contributed by atoms with Gasteiger partial charge in [0.2, 0.25) is 5.91 Å². The van der Waals surface area contributed by atoms with Crippen LogP contribution in [0.4, 0.5) is 0 Å². The summed E-state index contributed by atoms with van der Waals surface area (Å²) in [5.41, 5.74) is 2.34. The van der Waals surface area contributed by atoms with Crippen molar-refractivity contribution < 1.29 is 14.6 Å². The number of likely N-dealkylation sites (tertiary alicyclic amines) is 1. The summed E-state index contributed by atoms with van der Waals surface area (Å²) in [4.78, 5) is 16.5. The SMILES string of the molecule is Cc1n[nH]c(C)c1CCC(=O)N1CC[C@@](O)(CN2CCOCC2)C1. The van der Waals surface area contributed by atoms with E-state index < -0.39 is 5.60 Å². The van der Waals surface area contributed by atoms with Crippen molar-refractivity contribution in [3.8, 4) is 0 Å². The number of aryl methyl sites for hydroxylation is 2. The third-order valence-electron chi connectivity index (χ3n) is 5.18. The highest BCUT2D eigenvalue weighted by atomic mass is 16.5. The van der Waals surface area contributed by atoms with Crippen LogP contribution in [0.25, 0.3) is 0 Å². The second kappa shape index (κ2) is 7.21. The van der Waals surface area contributed by atoms with Crippen LogP contribution in [0.2, 0.25) is 0 Å². The van der Waals surface area contributed by atoms with Crippen molar-refractivity contribution in [2.75, 3.05) is 45.9 Å². The molecule has 3 heterocycles. The van der Waals surface area contributed by atoms with Crippen molar-refractivity contribution in [2.24, 2.45) is 0 Å². The van der Waals surface area contributed by atoms with E-state index in [1.807, 2.05) is 18.7 Å². The van der Waals surface area contributed by atoms with Gasteiger partial charge in [-0.05, 0) is 32.3 Å². The lowest BCUT2D eigenvalue weighted by atomic mass is 10.0. The van der Waals surface area contributed by atoms with E-state index in [1.54, 1.807) is 0 Å². The minimum atomic E-state index is -0.783. The fraction of sp³-hybridized carbons (Fsp3) is 0.765. The molecular weight excluding hydrogens is 308 g/mol. The van der Waals surface area contributed by atoms with E-state index >= 15 is 0 Å². The summed E-state index contributed by atoms with van der Waals surface area (Å²) in [6.07, 6.45) is 1.82. The van der Waals surface area contributed by atoms with Crippen LogP contribution < -0.4 is 0 Å². The maximum atomic E-state index is 12.5. The molecule has 0 saturated carbocycles. The quantitative estimate of drug-likeness (QED) is 0.806. The summed E-state index contributed by atoms with van der Waals surface area (Å²) in [6.45, 7) is 8.81. The highest BCUT2D eigenvalue weighted by molar-refractivity contribution is 5.77. The number of aromatic nitrogens is 2. The third kappa shape index (κ3) is 3.96. The summed E-state index contributed by atoms with van der Waals surface area (Å²) < 4.78 is 5.35. The Labute approximate surface area is 143 Å². The molecule has 7 heteroatoms. The molecule has 3 rings (SSSR count). The Bertz CT molecular complexity index is 563. The van der Waals surface area contributed by atoms with Crippen LogP contribution >= 0.6 is 0 Å². The Morgan fingerprint density at radius 1 is 1.33 bits per heavy atom. The fourth-order valence-corrected chi connectivity index (χ4v) is 3.71. The van der Waals surface area contributed by atoms with Crippen molar-refractivity contribution in [2.45, 2.75) is 38.7 Å². The monoisotopic (exact) mass is 336 g/mol. The Kier molecular flexibility index (Phi) is 5.22. The van der Waals surface area contributed by atoms with Crippen LogP contribution in [0, 0.1) is 13.8 Å². The number of nitrogens with one attached hydrogen (secondary N) is 1. The van der Waals surface area contributed by atoms with Crippen LogP contribution in [0.1, 0.15) is 29.8 Å². The molecule has 7 nitrogen and oxygen atoms in total. The second-order valence-electron chi connectivity index (χ2n) is 7.09. The second-order valence-corrected chi connectivity index (χ2v) is 7.09. The molecule has 0 unspecified atom stereocenters. The number of nitrogens with zero attached hydrogens (tertiary/aromatic N) is 3. The molecule has 0 bridgehead atoms. The van der Waals surface area contributed by atoms with Crippen LogP contribution in [0.3, 0.4) is 0 Å². The van der Waals surface area contributed by atoms with Crippen LogP contribution in [0.5, 0.6) is 0 Å². The smallest absolute Gasteiger partial charge is 0.223 e. The molecule has 1 amide bonds. The van der Waals surface area contributed by atoms with Crippen molar-refractivity contribution in [3.05, 3.63) is 17.0 Å². The van der Waals surface area contributed by atoms with Crippen LogP contribution in [-0.4, -0.2) is 82.5 Å². The first-order valence-corrected chi connectivity index (χ1v) is 8.77. The van der Waals surface area contributed by atoms with Gasteiger partial charge in [-0.3, -0.25) is 14.8 Å². The van der Waals surface area contributed by atoms with Gasteiger partial charge in [-0.15, -0.1) is 0 Å². The molecule has 0 spiro atoms. The van der Waals surface area contributed by atoms with Crippen LogP contribution in [-0.2, 0) is 16.0 Å². The van der Waals surface area contributed by atoms with Gasteiger partial charge in [0, 0.05) is 38.3 Å². The number of ether oxygens (including phenoxy) is 1. The number of hydrogen-bond donors (Lipinski definition) is 2. The molecule has 24 heavy (non-hydrogen) atoms. The standard InChI is InChI=1S/C17H28N4O3/c1-13-15(14(2)19-18-13)3-4-16(22)21-6-5-17(23,12-21)11-20-7-9-24-10-8-20/h23H,3-12H2,1-2H3,(H,18,19)/t17-/m1/s1. The van der Waals surface area contributed by atoms with E-state index in [-0.39, 0.29) is 5.91 Å². The summed E-state index contributed by atoms with van der Waals surface area (Å²) in [5.74, 6) is 0.118. The number of morpholine rings is 1. The maximum absolute atomic E-state index is 12.5. The molecule has 1 aromatic rings. The van der Waals surface area contributed by atoms with Gasteiger partial charge >= 0.3 is 0 Å². The minimum Gasteiger partial charge on any atom is -0.387 e. The van der Waals surface area contributed by atoms with Gasteiger partial charge < -0.3 is 14.7 Å². The summed E-state index contributed by atoms with van der Waals surface area (Å²) >= 11 is 0. The molecule has 2 aliphatic rings. The van der Waals surface area contributed by atoms with Gasteiger partial charge in [0.05, 0.1) is 31.1 Å². The van der Waals surface area contributed by atoms with Gasteiger partial charge in [0.25, 0.3) is 0 Å². The number of H-pyrrole nitrogens is 1. The average Bonchev–Trinajstić information content (AvgIpc) is 3.10. The number of carbonyl (C=O) groups is 1. The maximum Gasteiger partial charge on any atom is 0.223 e. The van der Waals surface area contributed by atoms with Crippen molar-refractivity contribution in [1.82, 2.24) is 20.0 Å². The molecule has 0 aliphatic carbocycles. The number of hydrogen-bond acceptors (Lipinski definition) is 5. The minimum absolute atomic E-state index is 0.118. The Morgan fingerprint density at radius 3 is 2.75 bits per heavy atom. The molecule has 1 atom stereocenters. The number of rotatable bonds is 5. The molecule has 0 aromatic carbocycles. The molecule has 2 fully saturated rings. The van der Waals surface area contributed by atoms with Gasteiger partial charge in [-0.2, -0.15) is 5.10 Å². The van der Waals surface area contributed by atoms with Gasteiger partial charge in [0.1, 0.15) is 0 Å². The lowest BCUT2D eigenvalue weighted by Gasteiger charge is -2.33. The Balaban J connectivity index is 1.50. The van der Waals surface area contributed by atoms with Crippen molar-refractivity contribution in [1.29, 1.82) is 0 Å². The van der Waals surface area contributed by atoms with E-state index in [4.69, 9.17) is 4.74 Å². The molecule has 0 radical (unpaired) electrons. The first-order valence-electron chi connectivity index (χ1n) is 8.77. The lowest BCUT2D eigenvalue weighted by Crippen LogP contribution is -2.49. The summed E-state index contributed by atoms with van der Waals surface area (Å²) in [5, 5.41) is 17.9. The van der Waals surface area contributed by atoms with E-state index in [9.17, 15) is 9.90 Å². The third-order valence-corrected chi connectivity index (χ3v) is 5.18. The van der Waals surface area contributed by atoms with E-state index in [2.05, 4.69) is 15.1 Å². The zero-order valence-electron chi connectivity index (χ0n) is 14.7. The highest BCUT2D eigenvalue weighted by Gasteiger charge is 2.39. The zero-order chi connectivity index (χ0) is 17.2. The molecule has 134 valence electrons. The molecule has 2 saturated heterocycles. The predicted molar refractivity (Wildman–Crippen MR) is 89.8 cm³/mol. The van der Waals surface area contributed by atoms with Gasteiger partial charge in [0.15, 0.2) is 0 Å². The molecule has 2 aliphatic heterocycles. The number of β-amino-alcohol motifs (C(OH)–C–C–N with tert-alkyl or cyclic N) is 1. The summed E-state index contributed by atoms with van der Waals surface area (Å²) in [6, 6.07) is 0. The first kappa shape index (κ1) is 17.4. The number of aromatic amines is 1. The number of carbonyl (C=O) groups excluding carboxylic acids is 1. The predicted octanol–water partition coefficient (Wildman–Crippen LogP) is 0.255. The first-order chi connectivity index (χ1) is 11.5. The van der Waals surface area contributed by atoms with Crippen molar-refractivity contribution >= 4 is 5.91 Å². The van der Waals surface area contributed by atoms with Crippen molar-refractivity contribution in [3.63, 3.8) is 0 Å². The molecular formula is C17H28N4O3. The average molecular weight is 336 g/mol. The van der Waals surface area contributed by atoms with Gasteiger partial charge in [-0.25, -0.2) is 0 Å². The topological polar surface area (TPSA) is 81.7 Å². The zero-order valence-corrected chi connectivity index (χ0v) is 14.7. The molecule has 1 aromatic heterocycles.